The Labute approximate surface area is 203 Å². The van der Waals surface area contributed by atoms with Gasteiger partial charge in [-0.15, -0.1) is 0 Å². The lowest BCUT2D eigenvalue weighted by Gasteiger charge is -2.49. The minimum atomic E-state index is -4.65. The van der Waals surface area contributed by atoms with Crippen LogP contribution in [0.3, 0.4) is 0 Å². The topological polar surface area (TPSA) is 106 Å². The monoisotopic (exact) mass is 524 g/mol. The molecule has 2 aromatic carbocycles. The number of halogens is 4. The van der Waals surface area contributed by atoms with E-state index < -0.39 is 27.5 Å². The van der Waals surface area contributed by atoms with Crippen LogP contribution in [0.15, 0.2) is 48.7 Å². The third-order valence-electron chi connectivity index (χ3n) is 6.36. The summed E-state index contributed by atoms with van der Waals surface area (Å²) in [6, 6.07) is 11.0. The van der Waals surface area contributed by atoms with Gasteiger partial charge in [-0.2, -0.15) is 31.0 Å². The van der Waals surface area contributed by atoms with Gasteiger partial charge in [0.2, 0.25) is 0 Å². The molecule has 4 aromatic rings. The second kappa shape index (κ2) is 8.05. The Kier molecular flexibility index (Phi) is 5.47. The van der Waals surface area contributed by atoms with E-state index in [1.165, 1.54) is 18.2 Å². The lowest BCUT2D eigenvalue weighted by Crippen LogP contribution is -2.65. The van der Waals surface area contributed by atoms with E-state index in [1.807, 2.05) is 18.2 Å². The lowest BCUT2D eigenvalue weighted by atomic mass is 9.74. The summed E-state index contributed by atoms with van der Waals surface area (Å²) in [6.07, 6.45) is -2.93. The Morgan fingerprint density at radius 3 is 2.60 bits per heavy atom. The fraction of sp³-hybridized carbons (Fsp3) is 0.273. The molecule has 3 N–H and O–H groups in total. The maximum Gasteiger partial charge on any atom is 0.433 e. The van der Waals surface area contributed by atoms with Crippen LogP contribution in [0, 0.1) is 0 Å². The van der Waals surface area contributed by atoms with Gasteiger partial charge in [-0.05, 0) is 35.9 Å². The number of anilines is 1. The fourth-order valence-corrected chi connectivity index (χ4v) is 5.46. The van der Waals surface area contributed by atoms with Gasteiger partial charge in [-0.3, -0.25) is 4.68 Å². The van der Waals surface area contributed by atoms with E-state index in [-0.39, 0.29) is 30.8 Å². The first-order valence-electron chi connectivity index (χ1n) is 10.5. The highest BCUT2D eigenvalue weighted by Crippen LogP contribution is 2.39. The first-order chi connectivity index (χ1) is 16.4. The van der Waals surface area contributed by atoms with Crippen LogP contribution in [-0.2, 0) is 28.8 Å². The van der Waals surface area contributed by atoms with Crippen LogP contribution in [0.5, 0.6) is 0 Å². The van der Waals surface area contributed by atoms with Crippen LogP contribution in [-0.4, -0.2) is 47.1 Å². The number of hydrogen-bond acceptors (Lipinski definition) is 5. The number of fused-ring (bicyclic) bond motifs is 2. The van der Waals surface area contributed by atoms with Gasteiger partial charge >= 0.3 is 6.18 Å². The van der Waals surface area contributed by atoms with Crippen LogP contribution >= 0.6 is 11.6 Å². The summed E-state index contributed by atoms with van der Waals surface area (Å²) in [6.45, 7) is 0.279. The van der Waals surface area contributed by atoms with Crippen LogP contribution in [0.4, 0.5) is 18.9 Å². The zero-order valence-electron chi connectivity index (χ0n) is 18.3. The summed E-state index contributed by atoms with van der Waals surface area (Å²) in [7, 11) is -2.13. The Morgan fingerprint density at radius 2 is 1.91 bits per heavy atom. The molecule has 0 atom stereocenters. The summed E-state index contributed by atoms with van der Waals surface area (Å²) in [4.78, 5) is 3.73. The predicted molar refractivity (Wildman–Crippen MR) is 127 cm³/mol. The zero-order chi connectivity index (χ0) is 25.2. The van der Waals surface area contributed by atoms with Crippen molar-refractivity contribution in [2.45, 2.75) is 11.6 Å². The molecule has 2 aromatic heterocycles. The molecule has 1 aliphatic rings. The number of nitrogens with zero attached hydrogens (tertiary/aromatic N) is 4. The van der Waals surface area contributed by atoms with Gasteiger partial charge in [-0.25, -0.2) is 10.1 Å². The molecule has 184 valence electrons. The largest absolute Gasteiger partial charge is 0.433 e. The fourth-order valence-electron chi connectivity index (χ4n) is 4.43. The van der Waals surface area contributed by atoms with E-state index in [4.69, 9.17) is 16.7 Å². The number of nitrogens with one attached hydrogen (secondary N) is 1. The second-order valence-corrected chi connectivity index (χ2v) is 10.7. The number of nitrogens with two attached hydrogens (primary N) is 1. The molecule has 1 aliphatic heterocycles. The Balaban J connectivity index is 1.56. The van der Waals surface area contributed by atoms with Gasteiger partial charge in [0.1, 0.15) is 5.69 Å². The van der Waals surface area contributed by atoms with Crippen molar-refractivity contribution in [3.8, 4) is 0 Å². The highest BCUT2D eigenvalue weighted by atomic mass is 35.5. The molecule has 5 rings (SSSR count). The van der Waals surface area contributed by atoms with E-state index in [0.717, 1.165) is 26.8 Å². The molecule has 1 fully saturated rings. The van der Waals surface area contributed by atoms with Crippen molar-refractivity contribution in [2.24, 2.45) is 12.2 Å². The van der Waals surface area contributed by atoms with Crippen LogP contribution < -0.4 is 10.5 Å². The van der Waals surface area contributed by atoms with Crippen molar-refractivity contribution in [1.82, 2.24) is 19.1 Å². The normalized spacial score (nSPS) is 16.5. The summed E-state index contributed by atoms with van der Waals surface area (Å²) in [5.41, 5.74) is 0.207. The summed E-state index contributed by atoms with van der Waals surface area (Å²) in [5, 5.41) is 14.3. The first kappa shape index (κ1) is 23.8. The molecule has 0 aliphatic carbocycles. The number of aromatic nitrogens is 3. The smallest absolute Gasteiger partial charge is 0.383 e. The van der Waals surface area contributed by atoms with Crippen molar-refractivity contribution >= 4 is 49.3 Å². The maximum absolute atomic E-state index is 13.5. The van der Waals surface area contributed by atoms with Crippen molar-refractivity contribution in [1.29, 1.82) is 0 Å². The lowest BCUT2D eigenvalue weighted by molar-refractivity contribution is -0.140. The molecular weight excluding hydrogens is 505 g/mol. The molecule has 13 heteroatoms. The Hall–Kier alpha value is -2.93. The Bertz CT molecular complexity index is 1570. The molecular formula is C22H20ClF3N6O2S. The standard InChI is InChI=1S/C22H20ClF3N6O2S/c1-31-19-6-14(3-2-13(19)9-29-31)21(11-32(12-21)35(27,33)34)10-28-18-8-20(22(24,25)26)30-17-5-4-15(23)7-16(17)18/h2-9H,10-12H2,1H3,(H,28,30)(H2,27,33,34). The predicted octanol–water partition coefficient (Wildman–Crippen LogP) is 3.66. The third kappa shape index (κ3) is 4.31. The second-order valence-electron chi connectivity index (χ2n) is 8.70. The summed E-state index contributed by atoms with van der Waals surface area (Å²) >= 11 is 6.10. The van der Waals surface area contributed by atoms with Gasteiger partial charge < -0.3 is 5.32 Å². The van der Waals surface area contributed by atoms with E-state index in [0.29, 0.717) is 10.4 Å². The van der Waals surface area contributed by atoms with Crippen molar-refractivity contribution in [3.63, 3.8) is 0 Å². The van der Waals surface area contributed by atoms with Gasteiger partial charge in [0, 0.05) is 53.6 Å². The minimum absolute atomic E-state index is 0.0676. The number of pyridine rings is 1. The zero-order valence-corrected chi connectivity index (χ0v) is 19.9. The number of benzene rings is 2. The SMILES string of the molecule is Cn1ncc2ccc(C3(CNc4cc(C(F)(F)F)nc5ccc(Cl)cc45)CN(S(N)(=O)=O)C3)cc21. The number of hydrogen-bond donors (Lipinski definition) is 2. The summed E-state index contributed by atoms with van der Waals surface area (Å²) in [5.74, 6) is 0. The molecule has 0 saturated carbocycles. The molecule has 3 heterocycles. The quantitative estimate of drug-likeness (QED) is 0.414. The number of rotatable bonds is 5. The van der Waals surface area contributed by atoms with E-state index in [2.05, 4.69) is 15.4 Å². The van der Waals surface area contributed by atoms with Gasteiger partial charge in [0.05, 0.1) is 17.2 Å². The van der Waals surface area contributed by atoms with Crippen LogP contribution in [0.25, 0.3) is 21.8 Å². The minimum Gasteiger partial charge on any atom is -0.383 e. The molecule has 8 nitrogen and oxygen atoms in total. The third-order valence-corrected chi connectivity index (χ3v) is 7.57. The molecule has 1 saturated heterocycles. The van der Waals surface area contributed by atoms with Crippen LogP contribution in [0.1, 0.15) is 11.3 Å². The summed E-state index contributed by atoms with van der Waals surface area (Å²) < 4.78 is 67.2. The highest BCUT2D eigenvalue weighted by molar-refractivity contribution is 7.86. The average molecular weight is 525 g/mol. The first-order valence-corrected chi connectivity index (χ1v) is 12.4. The van der Waals surface area contributed by atoms with E-state index in [1.54, 1.807) is 17.9 Å². The maximum atomic E-state index is 13.5. The molecule has 35 heavy (non-hydrogen) atoms. The number of alkyl halides is 3. The highest BCUT2D eigenvalue weighted by Gasteiger charge is 2.48. The molecule has 0 bridgehead atoms. The molecule has 0 radical (unpaired) electrons. The average Bonchev–Trinajstić information content (AvgIpc) is 3.11. The molecule has 0 unspecified atom stereocenters. The van der Waals surface area contributed by atoms with Crippen molar-refractivity contribution < 1.29 is 21.6 Å². The van der Waals surface area contributed by atoms with Gasteiger partial charge in [0.25, 0.3) is 10.2 Å². The number of aryl methyl sites for hydroxylation is 1. The molecule has 0 spiro atoms. The van der Waals surface area contributed by atoms with Crippen molar-refractivity contribution in [3.05, 3.63) is 64.9 Å². The van der Waals surface area contributed by atoms with Gasteiger partial charge in [0.15, 0.2) is 0 Å². The van der Waals surface area contributed by atoms with E-state index in [9.17, 15) is 21.6 Å². The van der Waals surface area contributed by atoms with Crippen LogP contribution in [0.2, 0.25) is 5.02 Å². The Morgan fingerprint density at radius 1 is 1.17 bits per heavy atom. The van der Waals surface area contributed by atoms with Gasteiger partial charge in [-0.1, -0.05) is 23.7 Å². The van der Waals surface area contributed by atoms with E-state index >= 15 is 0 Å². The molecule has 0 amide bonds. The van der Waals surface area contributed by atoms with Crippen molar-refractivity contribution in [2.75, 3.05) is 25.0 Å².